The molecule has 0 aromatic heterocycles. The number of hydrogen-bond acceptors (Lipinski definition) is 4. The highest BCUT2D eigenvalue weighted by Gasteiger charge is 2.36. The summed E-state index contributed by atoms with van der Waals surface area (Å²) in [5.41, 5.74) is 2.46. The largest absolute Gasteiger partial charge is 0.448 e. The number of benzene rings is 2. The molecule has 0 bridgehead atoms. The van der Waals surface area contributed by atoms with Crippen molar-refractivity contribution in [1.82, 2.24) is 4.90 Å². The first-order valence-electron chi connectivity index (χ1n) is 8.46. The molecule has 4 rings (SSSR count). The van der Waals surface area contributed by atoms with Crippen LogP contribution in [0.5, 0.6) is 0 Å². The van der Waals surface area contributed by atoms with E-state index in [1.165, 1.54) is 0 Å². The molecule has 0 N–H and O–H groups in total. The van der Waals surface area contributed by atoms with Gasteiger partial charge in [0.25, 0.3) is 5.91 Å². The molecule has 128 valence electrons. The first-order chi connectivity index (χ1) is 12.2. The number of nitrogens with zero attached hydrogens (tertiary/aromatic N) is 1. The Morgan fingerprint density at radius 1 is 1.04 bits per heavy atom. The van der Waals surface area contributed by atoms with Gasteiger partial charge in [0.05, 0.1) is 18.7 Å². The van der Waals surface area contributed by atoms with Gasteiger partial charge in [0.15, 0.2) is 6.10 Å². The average molecular weight is 337 g/mol. The fourth-order valence-corrected chi connectivity index (χ4v) is 3.39. The van der Waals surface area contributed by atoms with Crippen molar-refractivity contribution in [1.29, 1.82) is 0 Å². The Labute approximate surface area is 146 Å². The van der Waals surface area contributed by atoms with E-state index in [4.69, 9.17) is 9.47 Å². The fourth-order valence-electron chi connectivity index (χ4n) is 3.39. The van der Waals surface area contributed by atoms with Crippen molar-refractivity contribution < 1.29 is 19.1 Å². The lowest BCUT2D eigenvalue weighted by molar-refractivity contribution is -0.148. The number of cyclic esters (lactones) is 1. The quantitative estimate of drug-likeness (QED) is 0.790. The maximum absolute atomic E-state index is 12.9. The number of hydrogen-bond donors (Lipinski definition) is 0. The van der Waals surface area contributed by atoms with E-state index >= 15 is 0 Å². The van der Waals surface area contributed by atoms with Crippen LogP contribution in [0.2, 0.25) is 0 Å². The molecule has 0 spiro atoms. The van der Waals surface area contributed by atoms with Gasteiger partial charge in [0.2, 0.25) is 0 Å². The van der Waals surface area contributed by atoms with Crippen LogP contribution in [0, 0.1) is 0 Å². The summed E-state index contributed by atoms with van der Waals surface area (Å²) in [5, 5.41) is 0. The molecule has 2 aliphatic rings. The van der Waals surface area contributed by atoms with Crippen LogP contribution < -0.4 is 0 Å². The predicted octanol–water partition coefficient (Wildman–Crippen LogP) is 2.37. The topological polar surface area (TPSA) is 55.8 Å². The first-order valence-corrected chi connectivity index (χ1v) is 8.46. The molecule has 1 saturated heterocycles. The Morgan fingerprint density at radius 2 is 1.80 bits per heavy atom. The minimum absolute atomic E-state index is 0.146. The number of rotatable bonds is 2. The molecule has 2 heterocycles. The third kappa shape index (κ3) is 3.15. The molecular weight excluding hydrogens is 318 g/mol. The van der Waals surface area contributed by atoms with Crippen LogP contribution in [0.4, 0.5) is 0 Å². The number of amides is 1. The molecule has 5 heteroatoms. The van der Waals surface area contributed by atoms with Crippen molar-refractivity contribution in [3.05, 3.63) is 71.3 Å². The summed E-state index contributed by atoms with van der Waals surface area (Å²) < 4.78 is 11.2. The summed E-state index contributed by atoms with van der Waals surface area (Å²) in [6.45, 7) is 1.46. The van der Waals surface area contributed by atoms with E-state index in [9.17, 15) is 9.59 Å². The standard InChI is InChI=1S/C20H19NO4/c22-19(17-12-15-8-4-5-9-16(15)20(23)25-17)21-10-11-24-18(13-21)14-6-2-1-3-7-14/h1-9,17-18H,10-13H2. The Hall–Kier alpha value is -2.66. The van der Waals surface area contributed by atoms with Gasteiger partial charge in [0.1, 0.15) is 6.10 Å². The second-order valence-electron chi connectivity index (χ2n) is 6.31. The number of morpholine rings is 1. The van der Waals surface area contributed by atoms with Gasteiger partial charge in [-0.15, -0.1) is 0 Å². The number of carbonyl (C=O) groups is 2. The van der Waals surface area contributed by atoms with Crippen molar-refractivity contribution in [2.45, 2.75) is 18.6 Å². The Morgan fingerprint density at radius 3 is 2.64 bits per heavy atom. The molecule has 5 nitrogen and oxygen atoms in total. The molecule has 2 aromatic rings. The van der Waals surface area contributed by atoms with Gasteiger partial charge in [-0.3, -0.25) is 4.79 Å². The highest BCUT2D eigenvalue weighted by atomic mass is 16.5. The van der Waals surface area contributed by atoms with Crippen molar-refractivity contribution in [2.24, 2.45) is 0 Å². The normalized spacial score (nSPS) is 22.9. The average Bonchev–Trinajstić information content (AvgIpc) is 2.68. The lowest BCUT2D eigenvalue weighted by Gasteiger charge is -2.36. The number of carbonyl (C=O) groups excluding carboxylic acids is 2. The molecule has 2 atom stereocenters. The molecule has 1 amide bonds. The van der Waals surface area contributed by atoms with E-state index in [1.807, 2.05) is 42.5 Å². The summed E-state index contributed by atoms with van der Waals surface area (Å²) in [6, 6.07) is 17.1. The van der Waals surface area contributed by atoms with Crippen molar-refractivity contribution in [2.75, 3.05) is 19.7 Å². The van der Waals surface area contributed by atoms with Crippen molar-refractivity contribution in [3.8, 4) is 0 Å². The molecule has 0 aliphatic carbocycles. The van der Waals surface area contributed by atoms with Gasteiger partial charge < -0.3 is 14.4 Å². The van der Waals surface area contributed by atoms with Crippen LogP contribution in [-0.2, 0) is 20.7 Å². The number of fused-ring (bicyclic) bond motifs is 1. The summed E-state index contributed by atoms with van der Waals surface area (Å²) in [6.07, 6.45) is -0.476. The fraction of sp³-hybridized carbons (Fsp3) is 0.300. The zero-order chi connectivity index (χ0) is 17.2. The van der Waals surface area contributed by atoms with Gasteiger partial charge in [-0.2, -0.15) is 0 Å². The Bertz CT molecular complexity index is 789. The van der Waals surface area contributed by atoms with Gasteiger partial charge in [-0.05, 0) is 17.2 Å². The molecule has 25 heavy (non-hydrogen) atoms. The maximum Gasteiger partial charge on any atom is 0.339 e. The molecular formula is C20H19NO4. The Balaban J connectivity index is 1.49. The van der Waals surface area contributed by atoms with E-state index in [2.05, 4.69) is 0 Å². The third-order valence-corrected chi connectivity index (χ3v) is 4.72. The second-order valence-corrected chi connectivity index (χ2v) is 6.31. The van der Waals surface area contributed by atoms with E-state index in [0.29, 0.717) is 31.7 Å². The summed E-state index contributed by atoms with van der Waals surface area (Å²) in [4.78, 5) is 26.8. The first kappa shape index (κ1) is 15.8. The monoisotopic (exact) mass is 337 g/mol. The van der Waals surface area contributed by atoms with E-state index in [1.54, 1.807) is 17.0 Å². The highest BCUT2D eigenvalue weighted by Crippen LogP contribution is 2.25. The van der Waals surface area contributed by atoms with Crippen LogP contribution in [0.1, 0.15) is 27.6 Å². The third-order valence-electron chi connectivity index (χ3n) is 4.72. The minimum Gasteiger partial charge on any atom is -0.448 e. The summed E-state index contributed by atoms with van der Waals surface area (Å²) in [7, 11) is 0. The minimum atomic E-state index is -0.753. The smallest absolute Gasteiger partial charge is 0.339 e. The van der Waals surface area contributed by atoms with Crippen LogP contribution >= 0.6 is 0 Å². The highest BCUT2D eigenvalue weighted by molar-refractivity contribution is 5.95. The SMILES string of the molecule is O=C1OC(C(=O)N2CCOC(c3ccccc3)C2)Cc2ccccc21. The van der Waals surface area contributed by atoms with Crippen LogP contribution in [0.3, 0.4) is 0 Å². The maximum atomic E-state index is 12.9. The van der Waals surface area contributed by atoms with Gasteiger partial charge in [0, 0.05) is 13.0 Å². The van der Waals surface area contributed by atoms with E-state index < -0.39 is 12.1 Å². The number of esters is 1. The lowest BCUT2D eigenvalue weighted by atomic mass is 9.97. The van der Waals surface area contributed by atoms with Crippen LogP contribution in [0.15, 0.2) is 54.6 Å². The molecule has 2 unspecified atom stereocenters. The zero-order valence-corrected chi connectivity index (χ0v) is 13.8. The molecule has 2 aliphatic heterocycles. The van der Waals surface area contributed by atoms with Crippen molar-refractivity contribution in [3.63, 3.8) is 0 Å². The molecule has 1 fully saturated rings. The molecule has 2 aromatic carbocycles. The molecule has 0 radical (unpaired) electrons. The van der Waals surface area contributed by atoms with Crippen LogP contribution in [-0.4, -0.2) is 42.6 Å². The lowest BCUT2D eigenvalue weighted by Crippen LogP contribution is -2.49. The van der Waals surface area contributed by atoms with Crippen molar-refractivity contribution >= 4 is 11.9 Å². The van der Waals surface area contributed by atoms with Gasteiger partial charge >= 0.3 is 5.97 Å². The predicted molar refractivity (Wildman–Crippen MR) is 91.1 cm³/mol. The summed E-state index contributed by atoms with van der Waals surface area (Å²) >= 11 is 0. The Kier molecular flexibility index (Phi) is 4.24. The number of ether oxygens (including phenoxy) is 2. The summed E-state index contributed by atoms with van der Waals surface area (Å²) in [5.74, 6) is -0.569. The van der Waals surface area contributed by atoms with E-state index in [0.717, 1.165) is 11.1 Å². The zero-order valence-electron chi connectivity index (χ0n) is 13.8. The van der Waals surface area contributed by atoms with Gasteiger partial charge in [-0.1, -0.05) is 48.5 Å². The van der Waals surface area contributed by atoms with E-state index in [-0.39, 0.29) is 12.0 Å². The van der Waals surface area contributed by atoms with Crippen LogP contribution in [0.25, 0.3) is 0 Å². The molecule has 0 saturated carbocycles. The van der Waals surface area contributed by atoms with Gasteiger partial charge in [-0.25, -0.2) is 4.79 Å². The second kappa shape index (κ2) is 6.69.